The number of hydrogen-bond donors (Lipinski definition) is 1. The van der Waals surface area contributed by atoms with Crippen LogP contribution < -0.4 is 9.62 Å². The highest BCUT2D eigenvalue weighted by molar-refractivity contribution is 7.89. The van der Waals surface area contributed by atoms with E-state index in [1.165, 1.54) is 5.69 Å². The average Bonchev–Trinajstić information content (AvgIpc) is 3.21. The summed E-state index contributed by atoms with van der Waals surface area (Å²) in [5.41, 5.74) is 3.39. The molecule has 0 saturated carbocycles. The van der Waals surface area contributed by atoms with Crippen LogP contribution in [-0.4, -0.2) is 57.7 Å². The maximum Gasteiger partial charge on any atom is 0.240 e. The number of aromatic nitrogens is 1. The summed E-state index contributed by atoms with van der Waals surface area (Å²) in [6.07, 6.45) is 0. The molecule has 31 heavy (non-hydrogen) atoms. The fourth-order valence-electron chi connectivity index (χ4n) is 3.83. The lowest BCUT2D eigenvalue weighted by Gasteiger charge is -2.36. The van der Waals surface area contributed by atoms with Crippen LogP contribution in [0.5, 0.6) is 0 Å². The number of anilines is 1. The van der Waals surface area contributed by atoms with Crippen molar-refractivity contribution in [3.05, 3.63) is 65.9 Å². The Morgan fingerprint density at radius 3 is 2.42 bits per heavy atom. The van der Waals surface area contributed by atoms with Crippen molar-refractivity contribution in [2.45, 2.75) is 18.7 Å². The van der Waals surface area contributed by atoms with E-state index < -0.39 is 10.0 Å². The van der Waals surface area contributed by atoms with Crippen LogP contribution in [0, 0.1) is 13.8 Å². The van der Waals surface area contributed by atoms with Crippen LogP contribution in [0.25, 0.3) is 11.3 Å². The van der Waals surface area contributed by atoms with Gasteiger partial charge in [-0.1, -0.05) is 35.5 Å². The van der Waals surface area contributed by atoms with Crippen molar-refractivity contribution in [1.29, 1.82) is 0 Å². The maximum absolute atomic E-state index is 12.9. The lowest BCUT2D eigenvalue weighted by atomic mass is 10.1. The van der Waals surface area contributed by atoms with Gasteiger partial charge in [-0.15, -0.1) is 0 Å². The summed E-state index contributed by atoms with van der Waals surface area (Å²) in [4.78, 5) is 4.93. The Labute approximate surface area is 183 Å². The van der Waals surface area contributed by atoms with Crippen LogP contribution in [0.1, 0.15) is 11.3 Å². The second kappa shape index (κ2) is 9.21. The number of aryl methyl sites for hydroxylation is 2. The molecular formula is C23H28N4O3S. The normalized spacial score (nSPS) is 15.4. The molecule has 4 rings (SSSR count). The van der Waals surface area contributed by atoms with Crippen LogP contribution in [0.2, 0.25) is 0 Å². The van der Waals surface area contributed by atoms with E-state index in [2.05, 4.69) is 43.9 Å². The highest BCUT2D eigenvalue weighted by Crippen LogP contribution is 2.25. The van der Waals surface area contributed by atoms with Crippen molar-refractivity contribution in [3.8, 4) is 11.3 Å². The van der Waals surface area contributed by atoms with Crippen molar-refractivity contribution in [1.82, 2.24) is 14.8 Å². The summed E-state index contributed by atoms with van der Waals surface area (Å²) in [6.45, 7) is 8.39. The van der Waals surface area contributed by atoms with Gasteiger partial charge in [0.1, 0.15) is 0 Å². The predicted octanol–water partition coefficient (Wildman–Crippen LogP) is 3.06. The summed E-state index contributed by atoms with van der Waals surface area (Å²) in [7, 11) is -3.62. The van der Waals surface area contributed by atoms with Crippen LogP contribution in [0.15, 0.2) is 64.0 Å². The summed E-state index contributed by atoms with van der Waals surface area (Å²) in [5, 5.41) is 3.88. The molecule has 1 aliphatic rings. The Morgan fingerprint density at radius 1 is 1.00 bits per heavy atom. The summed E-state index contributed by atoms with van der Waals surface area (Å²) in [5.74, 6) is 0.560. The smallest absolute Gasteiger partial charge is 0.240 e. The molecule has 0 spiro atoms. The minimum Gasteiger partial charge on any atom is -0.369 e. The molecule has 0 radical (unpaired) electrons. The molecular weight excluding hydrogens is 412 g/mol. The van der Waals surface area contributed by atoms with Crippen molar-refractivity contribution in [3.63, 3.8) is 0 Å². The van der Waals surface area contributed by atoms with Crippen molar-refractivity contribution in [2.75, 3.05) is 44.2 Å². The van der Waals surface area contributed by atoms with E-state index >= 15 is 0 Å². The highest BCUT2D eigenvalue weighted by atomic mass is 32.2. The topological polar surface area (TPSA) is 78.7 Å². The van der Waals surface area contributed by atoms with E-state index in [0.29, 0.717) is 30.0 Å². The van der Waals surface area contributed by atoms with E-state index in [-0.39, 0.29) is 4.90 Å². The van der Waals surface area contributed by atoms with Crippen LogP contribution >= 0.6 is 0 Å². The number of rotatable bonds is 7. The molecule has 1 N–H and O–H groups in total. The number of hydrogen-bond acceptors (Lipinski definition) is 6. The first-order chi connectivity index (χ1) is 14.9. The minimum absolute atomic E-state index is 0.271. The number of nitrogens with zero attached hydrogens (tertiary/aromatic N) is 3. The summed E-state index contributed by atoms with van der Waals surface area (Å²) >= 11 is 0. The number of benzene rings is 2. The van der Waals surface area contributed by atoms with Gasteiger partial charge in [0.15, 0.2) is 5.76 Å². The molecule has 0 aliphatic carbocycles. The monoisotopic (exact) mass is 440 g/mol. The number of piperazine rings is 1. The molecule has 1 aliphatic heterocycles. The molecule has 8 heteroatoms. The standard InChI is InChI=1S/C23H28N4O3S/c1-18-8-9-20(22-16-19(2)25-30-22)17-23(18)31(28,29)24-10-11-26-12-14-27(15-13-26)21-6-4-3-5-7-21/h3-9,16-17,24H,10-15H2,1-2H3. The molecule has 2 heterocycles. The number of nitrogens with one attached hydrogen (secondary N) is 1. The molecule has 0 unspecified atom stereocenters. The van der Waals surface area contributed by atoms with E-state index in [9.17, 15) is 8.42 Å². The number of para-hydroxylation sites is 1. The second-order valence-electron chi connectivity index (χ2n) is 7.87. The third-order valence-corrected chi connectivity index (χ3v) is 7.21. The zero-order valence-electron chi connectivity index (χ0n) is 17.9. The molecule has 1 aromatic heterocycles. The quantitative estimate of drug-likeness (QED) is 0.608. The Hall–Kier alpha value is -2.68. The molecule has 1 saturated heterocycles. The summed E-state index contributed by atoms with van der Waals surface area (Å²) < 4.78 is 33.9. The molecule has 7 nitrogen and oxygen atoms in total. The summed E-state index contributed by atoms with van der Waals surface area (Å²) in [6, 6.07) is 17.5. The lowest BCUT2D eigenvalue weighted by molar-refractivity contribution is 0.262. The maximum atomic E-state index is 12.9. The first-order valence-electron chi connectivity index (χ1n) is 10.5. The van der Waals surface area contributed by atoms with E-state index in [0.717, 1.165) is 31.9 Å². The fraction of sp³-hybridized carbons (Fsp3) is 0.348. The molecule has 3 aromatic rings. The Morgan fingerprint density at radius 2 is 1.74 bits per heavy atom. The lowest BCUT2D eigenvalue weighted by Crippen LogP contribution is -2.48. The Kier molecular flexibility index (Phi) is 6.41. The van der Waals surface area contributed by atoms with Crippen molar-refractivity contribution >= 4 is 15.7 Å². The van der Waals surface area contributed by atoms with E-state index in [1.807, 2.05) is 19.1 Å². The van der Waals surface area contributed by atoms with E-state index in [1.54, 1.807) is 25.1 Å². The molecule has 0 amide bonds. The highest BCUT2D eigenvalue weighted by Gasteiger charge is 2.20. The molecule has 0 bridgehead atoms. The molecule has 2 aromatic carbocycles. The van der Waals surface area contributed by atoms with Gasteiger partial charge >= 0.3 is 0 Å². The average molecular weight is 441 g/mol. The van der Waals surface area contributed by atoms with Gasteiger partial charge in [0.05, 0.1) is 10.6 Å². The SMILES string of the molecule is Cc1cc(-c2ccc(C)c(S(=O)(=O)NCCN3CCN(c4ccccc4)CC3)c2)on1. The van der Waals surface area contributed by atoms with Crippen molar-refractivity contribution < 1.29 is 12.9 Å². The van der Waals surface area contributed by atoms with Gasteiger partial charge in [0.25, 0.3) is 0 Å². The molecule has 0 atom stereocenters. The van der Waals surface area contributed by atoms with Crippen molar-refractivity contribution in [2.24, 2.45) is 0 Å². The Balaban J connectivity index is 1.34. The first kappa shape index (κ1) is 21.5. The zero-order valence-corrected chi connectivity index (χ0v) is 18.7. The molecule has 164 valence electrons. The fourth-order valence-corrected chi connectivity index (χ4v) is 5.12. The van der Waals surface area contributed by atoms with Crippen LogP contribution in [0.4, 0.5) is 5.69 Å². The van der Waals surface area contributed by atoms with Crippen LogP contribution in [0.3, 0.4) is 0 Å². The van der Waals surface area contributed by atoms with Crippen LogP contribution in [-0.2, 0) is 10.0 Å². The number of sulfonamides is 1. The second-order valence-corrected chi connectivity index (χ2v) is 9.61. The van der Waals surface area contributed by atoms with Gasteiger partial charge in [-0.05, 0) is 37.6 Å². The van der Waals surface area contributed by atoms with Gasteiger partial charge in [-0.3, -0.25) is 4.90 Å². The third-order valence-electron chi connectivity index (χ3n) is 5.60. The largest absolute Gasteiger partial charge is 0.369 e. The van der Waals surface area contributed by atoms with Gasteiger partial charge in [0, 0.05) is 56.6 Å². The predicted molar refractivity (Wildman–Crippen MR) is 122 cm³/mol. The van der Waals surface area contributed by atoms with Gasteiger partial charge in [-0.2, -0.15) is 0 Å². The zero-order chi connectivity index (χ0) is 21.8. The van der Waals surface area contributed by atoms with E-state index in [4.69, 9.17) is 4.52 Å². The minimum atomic E-state index is -3.62. The third kappa shape index (κ3) is 5.15. The van der Waals surface area contributed by atoms with Gasteiger partial charge in [-0.25, -0.2) is 13.1 Å². The molecule has 1 fully saturated rings. The first-order valence-corrected chi connectivity index (χ1v) is 12.0. The Bertz CT molecular complexity index is 1120. The van der Waals surface area contributed by atoms with Gasteiger partial charge < -0.3 is 9.42 Å². The van der Waals surface area contributed by atoms with Gasteiger partial charge in [0.2, 0.25) is 10.0 Å².